The predicted octanol–water partition coefficient (Wildman–Crippen LogP) is 3.29. The summed E-state index contributed by atoms with van der Waals surface area (Å²) in [6.07, 6.45) is 1.66. The van der Waals surface area contributed by atoms with Gasteiger partial charge < -0.3 is 5.32 Å². The van der Waals surface area contributed by atoms with Crippen LogP contribution in [0.3, 0.4) is 0 Å². The highest BCUT2D eigenvalue weighted by Gasteiger charge is 2.10. The van der Waals surface area contributed by atoms with Gasteiger partial charge >= 0.3 is 0 Å². The molecule has 25 heavy (non-hydrogen) atoms. The largest absolute Gasteiger partial charge is 0.351 e. The number of carbonyl (C=O) groups excluding carboxylic acids is 1. The minimum absolute atomic E-state index is 0.0216. The fraction of sp³-hybridized carbons (Fsp3) is 0.211. The van der Waals surface area contributed by atoms with Crippen molar-refractivity contribution in [2.75, 3.05) is 5.75 Å². The highest BCUT2D eigenvalue weighted by molar-refractivity contribution is 7.99. The summed E-state index contributed by atoms with van der Waals surface area (Å²) in [6.45, 7) is 4.63. The molecule has 2 aromatic carbocycles. The van der Waals surface area contributed by atoms with Crippen LogP contribution in [0.2, 0.25) is 0 Å². The third-order valence-corrected chi connectivity index (χ3v) is 4.84. The molecule has 5 nitrogen and oxygen atoms in total. The Hall–Kier alpha value is -2.60. The number of aryl methyl sites for hydroxylation is 2. The van der Waals surface area contributed by atoms with E-state index in [2.05, 4.69) is 15.5 Å². The van der Waals surface area contributed by atoms with Crippen LogP contribution in [0.5, 0.6) is 0 Å². The molecule has 0 atom stereocenters. The van der Waals surface area contributed by atoms with Crippen molar-refractivity contribution in [3.05, 3.63) is 71.5 Å². The number of benzene rings is 2. The summed E-state index contributed by atoms with van der Waals surface area (Å²) in [5.74, 6) is 0.280. The third kappa shape index (κ3) is 4.48. The average Bonchev–Trinajstić information content (AvgIpc) is 3.08. The molecule has 0 spiro atoms. The van der Waals surface area contributed by atoms with E-state index in [4.69, 9.17) is 0 Å². The zero-order valence-electron chi connectivity index (χ0n) is 14.3. The lowest BCUT2D eigenvalue weighted by molar-refractivity contribution is -0.118. The number of aromatic nitrogens is 3. The number of amides is 1. The van der Waals surface area contributed by atoms with Gasteiger partial charge in [-0.1, -0.05) is 53.7 Å². The number of thioether (sulfide) groups is 1. The Morgan fingerprint density at radius 3 is 2.64 bits per heavy atom. The van der Waals surface area contributed by atoms with Crippen LogP contribution in [0.25, 0.3) is 5.69 Å². The van der Waals surface area contributed by atoms with Crippen molar-refractivity contribution in [1.29, 1.82) is 0 Å². The maximum atomic E-state index is 12.1. The average molecular weight is 352 g/mol. The molecule has 1 N–H and O–H groups in total. The van der Waals surface area contributed by atoms with Gasteiger partial charge in [0.25, 0.3) is 0 Å². The van der Waals surface area contributed by atoms with Crippen molar-refractivity contribution in [1.82, 2.24) is 20.1 Å². The van der Waals surface area contributed by atoms with Crippen molar-refractivity contribution >= 4 is 17.7 Å². The Labute approximate surface area is 151 Å². The lowest BCUT2D eigenvalue weighted by atomic mass is 10.1. The quantitative estimate of drug-likeness (QED) is 0.692. The van der Waals surface area contributed by atoms with Gasteiger partial charge in [-0.05, 0) is 37.1 Å². The molecule has 0 aliphatic heterocycles. The first kappa shape index (κ1) is 17.2. The van der Waals surface area contributed by atoms with Crippen molar-refractivity contribution in [2.45, 2.75) is 25.5 Å². The van der Waals surface area contributed by atoms with E-state index in [1.807, 2.05) is 66.9 Å². The van der Waals surface area contributed by atoms with Crippen LogP contribution in [0, 0.1) is 13.8 Å². The van der Waals surface area contributed by atoms with E-state index in [0.717, 1.165) is 11.3 Å². The molecule has 3 aromatic rings. The Balaban J connectivity index is 1.57. The van der Waals surface area contributed by atoms with Crippen molar-refractivity contribution in [3.63, 3.8) is 0 Å². The second kappa shape index (κ2) is 7.98. The van der Waals surface area contributed by atoms with E-state index in [1.54, 1.807) is 6.33 Å². The van der Waals surface area contributed by atoms with Gasteiger partial charge in [-0.15, -0.1) is 10.2 Å². The lowest BCUT2D eigenvalue weighted by Gasteiger charge is -2.08. The second-order valence-electron chi connectivity index (χ2n) is 5.81. The molecule has 0 fully saturated rings. The number of hydrogen-bond acceptors (Lipinski definition) is 4. The molecular formula is C19H20N4OS. The smallest absolute Gasteiger partial charge is 0.230 e. The van der Waals surface area contributed by atoms with Gasteiger partial charge in [0.15, 0.2) is 5.16 Å². The molecule has 0 bridgehead atoms. The van der Waals surface area contributed by atoms with E-state index in [1.165, 1.54) is 22.9 Å². The molecule has 0 aliphatic carbocycles. The molecule has 3 rings (SSSR count). The summed E-state index contributed by atoms with van der Waals surface area (Å²) in [5.41, 5.74) is 4.48. The molecule has 1 amide bonds. The van der Waals surface area contributed by atoms with E-state index >= 15 is 0 Å². The zero-order valence-corrected chi connectivity index (χ0v) is 15.1. The van der Waals surface area contributed by atoms with Crippen molar-refractivity contribution in [2.24, 2.45) is 0 Å². The molecule has 1 heterocycles. The summed E-state index contributed by atoms with van der Waals surface area (Å²) >= 11 is 1.38. The van der Waals surface area contributed by atoms with Gasteiger partial charge in [0.2, 0.25) is 5.91 Å². The van der Waals surface area contributed by atoms with Crippen LogP contribution < -0.4 is 5.32 Å². The molecular weight excluding hydrogens is 332 g/mol. The molecule has 1 aromatic heterocycles. The highest BCUT2D eigenvalue weighted by Crippen LogP contribution is 2.19. The number of carbonyl (C=O) groups is 1. The topological polar surface area (TPSA) is 59.8 Å². The fourth-order valence-corrected chi connectivity index (χ4v) is 3.15. The number of nitrogens with one attached hydrogen (secondary N) is 1. The standard InChI is InChI=1S/C19H20N4OS/c1-14-7-9-17(10-8-14)23-13-21-22-19(23)25-12-18(24)20-11-16-6-4-3-5-15(16)2/h3-10,13H,11-12H2,1-2H3,(H,20,24). The number of hydrogen-bond donors (Lipinski definition) is 1. The van der Waals surface area contributed by atoms with Gasteiger partial charge in [-0.2, -0.15) is 0 Å². The van der Waals surface area contributed by atoms with Crippen LogP contribution in [0.1, 0.15) is 16.7 Å². The van der Waals surface area contributed by atoms with Crippen molar-refractivity contribution < 1.29 is 4.79 Å². The Morgan fingerprint density at radius 1 is 1.12 bits per heavy atom. The normalized spacial score (nSPS) is 10.6. The first-order valence-electron chi connectivity index (χ1n) is 8.04. The highest BCUT2D eigenvalue weighted by atomic mass is 32.2. The summed E-state index contributed by atoms with van der Waals surface area (Å²) in [4.78, 5) is 12.1. The molecule has 0 radical (unpaired) electrons. The Bertz CT molecular complexity index is 858. The van der Waals surface area contributed by atoms with Gasteiger partial charge in [0, 0.05) is 12.2 Å². The first-order chi connectivity index (χ1) is 12.1. The van der Waals surface area contributed by atoms with Crippen LogP contribution in [0.4, 0.5) is 0 Å². The van der Waals surface area contributed by atoms with Crippen LogP contribution >= 0.6 is 11.8 Å². The molecule has 0 aliphatic rings. The van der Waals surface area contributed by atoms with Gasteiger partial charge in [0.1, 0.15) is 6.33 Å². The van der Waals surface area contributed by atoms with Gasteiger partial charge in [-0.25, -0.2) is 0 Å². The summed E-state index contributed by atoms with van der Waals surface area (Å²) < 4.78 is 1.89. The minimum atomic E-state index is -0.0216. The molecule has 0 unspecified atom stereocenters. The molecule has 128 valence electrons. The van der Waals surface area contributed by atoms with Gasteiger partial charge in [-0.3, -0.25) is 9.36 Å². The number of nitrogens with zero attached hydrogens (tertiary/aromatic N) is 3. The summed E-state index contributed by atoms with van der Waals surface area (Å²) in [5, 5.41) is 11.7. The van der Waals surface area contributed by atoms with E-state index in [-0.39, 0.29) is 5.91 Å². The first-order valence-corrected chi connectivity index (χ1v) is 9.03. The molecule has 0 saturated carbocycles. The molecule has 6 heteroatoms. The number of rotatable bonds is 6. The lowest BCUT2D eigenvalue weighted by Crippen LogP contribution is -2.25. The van der Waals surface area contributed by atoms with E-state index in [9.17, 15) is 4.79 Å². The van der Waals surface area contributed by atoms with Crippen molar-refractivity contribution in [3.8, 4) is 5.69 Å². The maximum Gasteiger partial charge on any atom is 0.230 e. The Morgan fingerprint density at radius 2 is 1.88 bits per heavy atom. The summed E-state index contributed by atoms with van der Waals surface area (Å²) in [6, 6.07) is 16.2. The fourth-order valence-electron chi connectivity index (χ4n) is 2.39. The minimum Gasteiger partial charge on any atom is -0.351 e. The monoisotopic (exact) mass is 352 g/mol. The summed E-state index contributed by atoms with van der Waals surface area (Å²) in [7, 11) is 0. The van der Waals surface area contributed by atoms with E-state index < -0.39 is 0 Å². The van der Waals surface area contributed by atoms with Gasteiger partial charge in [0.05, 0.1) is 5.75 Å². The zero-order chi connectivity index (χ0) is 17.6. The van der Waals surface area contributed by atoms with Crippen LogP contribution in [-0.4, -0.2) is 26.4 Å². The van der Waals surface area contributed by atoms with Crippen LogP contribution in [-0.2, 0) is 11.3 Å². The third-order valence-electron chi connectivity index (χ3n) is 3.90. The Kier molecular flexibility index (Phi) is 5.50. The SMILES string of the molecule is Cc1ccc(-n2cnnc2SCC(=O)NCc2ccccc2C)cc1. The van der Waals surface area contributed by atoms with E-state index in [0.29, 0.717) is 17.5 Å². The predicted molar refractivity (Wildman–Crippen MR) is 99.8 cm³/mol. The van der Waals surface area contributed by atoms with Crippen LogP contribution in [0.15, 0.2) is 60.0 Å². The maximum absolute atomic E-state index is 12.1. The molecule has 0 saturated heterocycles. The second-order valence-corrected chi connectivity index (χ2v) is 6.75.